The molecule has 8 heteroatoms. The van der Waals surface area contributed by atoms with Gasteiger partial charge in [0.05, 0.1) is 0 Å². The van der Waals surface area contributed by atoms with Crippen molar-refractivity contribution in [1.29, 1.82) is 0 Å². The molecule has 4 nitrogen and oxygen atoms in total. The summed E-state index contributed by atoms with van der Waals surface area (Å²) >= 11 is 5.78. The lowest BCUT2D eigenvalue weighted by Crippen LogP contribution is -2.29. The first-order valence-electron chi connectivity index (χ1n) is 6.31. The molecule has 0 saturated heterocycles. The van der Waals surface area contributed by atoms with Gasteiger partial charge in [0, 0.05) is 22.0 Å². The van der Waals surface area contributed by atoms with Gasteiger partial charge in [-0.15, -0.1) is 0 Å². The summed E-state index contributed by atoms with van der Waals surface area (Å²) in [6.45, 7) is 0. The van der Waals surface area contributed by atoms with Gasteiger partial charge in [-0.1, -0.05) is 23.7 Å². The second-order valence-electron chi connectivity index (χ2n) is 4.50. The molecular formula is C15H10ClF3N2O2. The zero-order chi connectivity index (χ0) is 17.0. The minimum absolute atomic E-state index is 0.0868. The molecule has 0 aliphatic rings. The molecular weight excluding hydrogens is 333 g/mol. The predicted molar refractivity (Wildman–Crippen MR) is 80.5 cm³/mol. The van der Waals surface area contributed by atoms with Gasteiger partial charge in [0.2, 0.25) is 0 Å². The van der Waals surface area contributed by atoms with Crippen molar-refractivity contribution in [3.63, 3.8) is 0 Å². The molecule has 0 saturated carbocycles. The number of carbonyl (C=O) groups excluding carboxylic acids is 2. The van der Waals surface area contributed by atoms with Gasteiger partial charge in [0.1, 0.15) is 0 Å². The number of amides is 2. The number of carbonyl (C=O) groups is 2. The van der Waals surface area contributed by atoms with E-state index in [1.807, 2.05) is 0 Å². The van der Waals surface area contributed by atoms with Gasteiger partial charge in [-0.3, -0.25) is 9.59 Å². The van der Waals surface area contributed by atoms with Crippen LogP contribution in [0.4, 0.5) is 24.5 Å². The lowest BCUT2D eigenvalue weighted by atomic mass is 10.2. The predicted octanol–water partition coefficient (Wildman–Crippen LogP) is 4.09. The Morgan fingerprint density at radius 1 is 0.913 bits per heavy atom. The number of benzene rings is 2. The van der Waals surface area contributed by atoms with Crippen LogP contribution in [0.15, 0.2) is 48.5 Å². The van der Waals surface area contributed by atoms with E-state index in [4.69, 9.17) is 11.6 Å². The number of nitrogens with one attached hydrogen (secondary N) is 2. The quantitative estimate of drug-likeness (QED) is 0.882. The molecule has 2 amide bonds. The number of hydrogen-bond acceptors (Lipinski definition) is 2. The molecule has 23 heavy (non-hydrogen) atoms. The summed E-state index contributed by atoms with van der Waals surface area (Å²) in [6.07, 6.45) is -4.99. The third-order valence-electron chi connectivity index (χ3n) is 2.72. The highest BCUT2D eigenvalue weighted by Gasteiger charge is 2.38. The molecule has 2 aromatic rings. The monoisotopic (exact) mass is 342 g/mol. The molecule has 0 heterocycles. The normalized spacial score (nSPS) is 11.0. The summed E-state index contributed by atoms with van der Waals surface area (Å²) in [4.78, 5) is 22.9. The van der Waals surface area contributed by atoms with Crippen LogP contribution in [0, 0.1) is 0 Å². The van der Waals surface area contributed by atoms with Gasteiger partial charge in [0.25, 0.3) is 5.91 Å². The first-order valence-corrected chi connectivity index (χ1v) is 6.68. The van der Waals surface area contributed by atoms with Crippen LogP contribution < -0.4 is 10.6 Å². The van der Waals surface area contributed by atoms with Crippen molar-refractivity contribution < 1.29 is 22.8 Å². The van der Waals surface area contributed by atoms with E-state index in [0.717, 1.165) is 0 Å². The fraction of sp³-hybridized carbons (Fsp3) is 0.0667. The van der Waals surface area contributed by atoms with E-state index in [1.165, 1.54) is 36.4 Å². The van der Waals surface area contributed by atoms with E-state index in [0.29, 0.717) is 10.6 Å². The molecule has 2 N–H and O–H groups in total. The Kier molecular flexibility index (Phi) is 4.90. The molecule has 0 fully saturated rings. The van der Waals surface area contributed by atoms with Crippen LogP contribution in [0.1, 0.15) is 10.4 Å². The van der Waals surface area contributed by atoms with E-state index in [-0.39, 0.29) is 11.4 Å². The molecule has 120 valence electrons. The minimum atomic E-state index is -4.99. The van der Waals surface area contributed by atoms with Crippen molar-refractivity contribution in [3.8, 4) is 0 Å². The maximum Gasteiger partial charge on any atom is 0.471 e. The van der Waals surface area contributed by atoms with Crippen molar-refractivity contribution in [3.05, 3.63) is 59.1 Å². The van der Waals surface area contributed by atoms with Gasteiger partial charge in [-0.05, 0) is 36.4 Å². The SMILES string of the molecule is O=C(Nc1cccc(NC(=O)C(F)(F)F)c1)c1cccc(Cl)c1. The Morgan fingerprint density at radius 2 is 1.52 bits per heavy atom. The van der Waals surface area contributed by atoms with Gasteiger partial charge in [0.15, 0.2) is 0 Å². The second-order valence-corrected chi connectivity index (χ2v) is 4.93. The molecule has 0 bridgehead atoms. The zero-order valence-corrected chi connectivity index (χ0v) is 12.2. The van der Waals surface area contributed by atoms with Gasteiger partial charge < -0.3 is 10.6 Å². The smallest absolute Gasteiger partial charge is 0.322 e. The van der Waals surface area contributed by atoms with E-state index >= 15 is 0 Å². The number of anilines is 2. The van der Waals surface area contributed by atoms with Crippen LogP contribution in [0.5, 0.6) is 0 Å². The fourth-order valence-corrected chi connectivity index (χ4v) is 1.90. The summed E-state index contributed by atoms with van der Waals surface area (Å²) in [5, 5.41) is 4.59. The molecule has 2 rings (SSSR count). The summed E-state index contributed by atoms with van der Waals surface area (Å²) in [6, 6.07) is 11.6. The Bertz CT molecular complexity index is 747. The van der Waals surface area contributed by atoms with E-state index in [9.17, 15) is 22.8 Å². The average Bonchev–Trinajstić information content (AvgIpc) is 2.46. The number of rotatable bonds is 3. The first kappa shape index (κ1) is 16.8. The Hall–Kier alpha value is -2.54. The lowest BCUT2D eigenvalue weighted by Gasteiger charge is -2.10. The van der Waals surface area contributed by atoms with Crippen LogP contribution in [-0.2, 0) is 4.79 Å². The first-order chi connectivity index (χ1) is 10.8. The fourth-order valence-electron chi connectivity index (χ4n) is 1.71. The summed E-state index contributed by atoms with van der Waals surface area (Å²) < 4.78 is 36.6. The van der Waals surface area contributed by atoms with E-state index in [2.05, 4.69) is 5.32 Å². The molecule has 2 aromatic carbocycles. The third-order valence-corrected chi connectivity index (χ3v) is 2.96. The molecule has 0 spiro atoms. The third kappa shape index (κ3) is 4.72. The van der Waals surface area contributed by atoms with Crippen LogP contribution >= 0.6 is 11.6 Å². The van der Waals surface area contributed by atoms with Crippen molar-refractivity contribution in [2.75, 3.05) is 10.6 Å². The summed E-state index contributed by atoms with van der Waals surface area (Å²) in [5.41, 5.74) is 0.438. The Morgan fingerprint density at radius 3 is 2.13 bits per heavy atom. The van der Waals surface area contributed by atoms with Crippen LogP contribution in [0.2, 0.25) is 5.02 Å². The highest BCUT2D eigenvalue weighted by Crippen LogP contribution is 2.21. The summed E-state index contributed by atoms with van der Waals surface area (Å²) in [7, 11) is 0. The Balaban J connectivity index is 2.11. The van der Waals surface area contributed by atoms with Gasteiger partial charge >= 0.3 is 12.1 Å². The highest BCUT2D eigenvalue weighted by atomic mass is 35.5. The molecule has 0 atom stereocenters. The number of hydrogen-bond donors (Lipinski definition) is 2. The van der Waals surface area contributed by atoms with Crippen molar-refractivity contribution in [2.24, 2.45) is 0 Å². The second kappa shape index (κ2) is 6.70. The van der Waals surface area contributed by atoms with Crippen LogP contribution in [0.3, 0.4) is 0 Å². The van der Waals surface area contributed by atoms with Crippen molar-refractivity contribution in [1.82, 2.24) is 0 Å². The molecule has 0 unspecified atom stereocenters. The minimum Gasteiger partial charge on any atom is -0.322 e. The maximum absolute atomic E-state index is 12.2. The molecule has 0 aliphatic carbocycles. The van der Waals surface area contributed by atoms with Crippen LogP contribution in [-0.4, -0.2) is 18.0 Å². The molecule has 0 aromatic heterocycles. The average molecular weight is 343 g/mol. The van der Waals surface area contributed by atoms with Crippen molar-refractivity contribution in [2.45, 2.75) is 6.18 Å². The van der Waals surface area contributed by atoms with Crippen LogP contribution in [0.25, 0.3) is 0 Å². The van der Waals surface area contributed by atoms with E-state index < -0.39 is 18.0 Å². The highest BCUT2D eigenvalue weighted by molar-refractivity contribution is 6.31. The van der Waals surface area contributed by atoms with E-state index in [1.54, 1.807) is 17.4 Å². The summed E-state index contributed by atoms with van der Waals surface area (Å²) in [5.74, 6) is -2.57. The maximum atomic E-state index is 12.2. The standard InChI is InChI=1S/C15H10ClF3N2O2/c16-10-4-1-3-9(7-10)13(22)20-11-5-2-6-12(8-11)21-14(23)15(17,18)19/h1-8H,(H,20,22)(H,21,23). The molecule has 0 aliphatic heterocycles. The number of alkyl halides is 3. The largest absolute Gasteiger partial charge is 0.471 e. The van der Waals surface area contributed by atoms with Gasteiger partial charge in [-0.25, -0.2) is 0 Å². The topological polar surface area (TPSA) is 58.2 Å². The van der Waals surface area contributed by atoms with Gasteiger partial charge in [-0.2, -0.15) is 13.2 Å². The molecule has 0 radical (unpaired) electrons. The Labute approximate surface area is 134 Å². The number of halogens is 4. The van der Waals surface area contributed by atoms with Crippen molar-refractivity contribution >= 4 is 34.8 Å². The zero-order valence-electron chi connectivity index (χ0n) is 11.4. The lowest BCUT2D eigenvalue weighted by molar-refractivity contribution is -0.167.